The van der Waals surface area contributed by atoms with E-state index < -0.39 is 0 Å². The van der Waals surface area contributed by atoms with E-state index in [1.807, 2.05) is 41.8 Å². The molecule has 0 bridgehead atoms. The lowest BCUT2D eigenvalue weighted by Gasteiger charge is -2.18. The highest BCUT2D eigenvalue weighted by molar-refractivity contribution is 5.97. The summed E-state index contributed by atoms with van der Waals surface area (Å²) in [5, 5.41) is 5.74. The van der Waals surface area contributed by atoms with E-state index in [1.54, 1.807) is 6.08 Å². The average Bonchev–Trinajstić information content (AvgIpc) is 3.06. The average molecular weight is 352 g/mol. The Bertz CT molecular complexity index is 811. The van der Waals surface area contributed by atoms with Gasteiger partial charge in [0.25, 0.3) is 11.8 Å². The Morgan fingerprint density at radius 1 is 1.27 bits per heavy atom. The number of hydrogen-bond donors (Lipinski definition) is 2. The van der Waals surface area contributed by atoms with E-state index in [9.17, 15) is 9.59 Å². The molecule has 1 aliphatic rings. The van der Waals surface area contributed by atoms with Crippen molar-refractivity contribution in [2.75, 3.05) is 6.54 Å². The highest BCUT2D eigenvalue weighted by Crippen LogP contribution is 2.22. The number of aromatic nitrogens is 2. The molecule has 2 amide bonds. The van der Waals surface area contributed by atoms with Crippen LogP contribution >= 0.6 is 0 Å². The van der Waals surface area contributed by atoms with Crippen molar-refractivity contribution in [3.8, 4) is 0 Å². The van der Waals surface area contributed by atoms with Crippen molar-refractivity contribution < 1.29 is 9.59 Å². The summed E-state index contributed by atoms with van der Waals surface area (Å²) >= 11 is 0. The summed E-state index contributed by atoms with van der Waals surface area (Å²) in [5.74, 6) is -0.204. The highest BCUT2D eigenvalue weighted by atomic mass is 16.2. The summed E-state index contributed by atoms with van der Waals surface area (Å²) in [6, 6.07) is 9.63. The number of benzene rings is 1. The summed E-state index contributed by atoms with van der Waals surface area (Å²) in [5.41, 5.74) is 2.22. The molecule has 1 unspecified atom stereocenters. The standard InChI is InChI=1S/C20H24N4O2/c1-3-12-21-19(25)17-16-11-7-8-13-24(16)18(23-17)20(26)22-14(2)15-9-5-4-6-10-15/h3-6,9-10,14H,1,7-8,11-13H2,2H3,(H,21,25)(H,22,26). The number of hydrogen-bond acceptors (Lipinski definition) is 3. The number of fused-ring (bicyclic) bond motifs is 1. The number of nitrogens with one attached hydrogen (secondary N) is 2. The van der Waals surface area contributed by atoms with Gasteiger partial charge in [0.15, 0.2) is 5.82 Å². The first-order chi connectivity index (χ1) is 12.6. The Balaban J connectivity index is 1.84. The van der Waals surface area contributed by atoms with E-state index in [0.29, 0.717) is 24.6 Å². The van der Waals surface area contributed by atoms with Crippen molar-refractivity contribution in [1.29, 1.82) is 0 Å². The van der Waals surface area contributed by atoms with Gasteiger partial charge in [-0.05, 0) is 31.7 Å². The summed E-state index contributed by atoms with van der Waals surface area (Å²) < 4.78 is 1.89. The van der Waals surface area contributed by atoms with E-state index >= 15 is 0 Å². The van der Waals surface area contributed by atoms with Crippen molar-refractivity contribution >= 4 is 11.8 Å². The molecule has 6 nitrogen and oxygen atoms in total. The van der Waals surface area contributed by atoms with Crippen LogP contribution in [0.5, 0.6) is 0 Å². The second kappa shape index (κ2) is 7.99. The fourth-order valence-corrected chi connectivity index (χ4v) is 3.23. The van der Waals surface area contributed by atoms with Crippen LogP contribution in [-0.4, -0.2) is 27.9 Å². The monoisotopic (exact) mass is 352 g/mol. The smallest absolute Gasteiger partial charge is 0.287 e. The van der Waals surface area contributed by atoms with Gasteiger partial charge in [0.1, 0.15) is 5.69 Å². The van der Waals surface area contributed by atoms with Crippen molar-refractivity contribution in [3.05, 3.63) is 65.8 Å². The molecule has 0 radical (unpaired) electrons. The molecule has 0 fully saturated rings. The molecule has 0 aliphatic carbocycles. The lowest BCUT2D eigenvalue weighted by Crippen LogP contribution is -2.30. The normalized spacial score (nSPS) is 14.2. The SMILES string of the molecule is C=CCNC(=O)c1nc(C(=O)NC(C)c2ccccc2)n2c1CCCC2. The maximum atomic E-state index is 12.8. The first-order valence-corrected chi connectivity index (χ1v) is 8.96. The summed E-state index contributed by atoms with van der Waals surface area (Å²) in [6.07, 6.45) is 4.35. The lowest BCUT2D eigenvalue weighted by molar-refractivity contribution is 0.0923. The van der Waals surface area contributed by atoms with E-state index in [1.165, 1.54) is 0 Å². The van der Waals surface area contributed by atoms with Gasteiger partial charge in [0, 0.05) is 13.1 Å². The molecule has 2 aromatic rings. The minimum atomic E-state index is -0.259. The summed E-state index contributed by atoms with van der Waals surface area (Å²) in [6.45, 7) is 6.62. The molecular formula is C20H24N4O2. The minimum Gasteiger partial charge on any atom is -0.347 e. The predicted octanol–water partition coefficient (Wildman–Crippen LogP) is 2.63. The molecule has 1 aromatic heterocycles. The number of rotatable bonds is 6. The van der Waals surface area contributed by atoms with Crippen molar-refractivity contribution in [2.45, 2.75) is 38.8 Å². The van der Waals surface area contributed by atoms with Crippen LogP contribution in [0.15, 0.2) is 43.0 Å². The quantitative estimate of drug-likeness (QED) is 0.785. The molecule has 1 aliphatic heterocycles. The van der Waals surface area contributed by atoms with Gasteiger partial charge >= 0.3 is 0 Å². The molecule has 2 heterocycles. The number of carbonyl (C=O) groups excluding carboxylic acids is 2. The molecule has 1 atom stereocenters. The molecule has 0 saturated carbocycles. The minimum absolute atomic E-state index is 0.140. The third kappa shape index (κ3) is 3.69. The second-order valence-corrected chi connectivity index (χ2v) is 6.44. The van der Waals surface area contributed by atoms with E-state index in [4.69, 9.17) is 0 Å². The van der Waals surface area contributed by atoms with Crippen LogP contribution in [0.4, 0.5) is 0 Å². The van der Waals surface area contributed by atoms with Gasteiger partial charge in [-0.25, -0.2) is 4.98 Å². The Kier molecular flexibility index (Phi) is 5.51. The third-order valence-corrected chi connectivity index (χ3v) is 4.59. The Morgan fingerprint density at radius 2 is 2.04 bits per heavy atom. The molecule has 6 heteroatoms. The van der Waals surface area contributed by atoms with Crippen molar-refractivity contribution in [1.82, 2.24) is 20.2 Å². The Labute approximate surface area is 153 Å². The molecule has 1 aromatic carbocycles. The maximum absolute atomic E-state index is 12.8. The number of amides is 2. The van der Waals surface area contributed by atoms with E-state index in [2.05, 4.69) is 22.2 Å². The zero-order valence-corrected chi connectivity index (χ0v) is 15.0. The fraction of sp³-hybridized carbons (Fsp3) is 0.350. The molecule has 0 spiro atoms. The molecular weight excluding hydrogens is 328 g/mol. The number of nitrogens with zero attached hydrogens (tertiary/aromatic N) is 2. The molecule has 2 N–H and O–H groups in total. The topological polar surface area (TPSA) is 76.0 Å². The third-order valence-electron chi connectivity index (χ3n) is 4.59. The van der Waals surface area contributed by atoms with Crippen LogP contribution in [0, 0.1) is 0 Å². The largest absolute Gasteiger partial charge is 0.347 e. The van der Waals surface area contributed by atoms with E-state index in [0.717, 1.165) is 30.5 Å². The van der Waals surface area contributed by atoms with Gasteiger partial charge < -0.3 is 15.2 Å². The van der Waals surface area contributed by atoms with E-state index in [-0.39, 0.29) is 17.9 Å². The molecule has 136 valence electrons. The van der Waals surface area contributed by atoms with Crippen LogP contribution < -0.4 is 10.6 Å². The van der Waals surface area contributed by atoms with Crippen LogP contribution in [0.25, 0.3) is 0 Å². The Hall–Kier alpha value is -2.89. The van der Waals surface area contributed by atoms with Gasteiger partial charge in [0.05, 0.1) is 11.7 Å². The number of carbonyl (C=O) groups is 2. The van der Waals surface area contributed by atoms with Gasteiger partial charge in [-0.15, -0.1) is 6.58 Å². The molecule has 26 heavy (non-hydrogen) atoms. The molecule has 3 rings (SSSR count). The first-order valence-electron chi connectivity index (χ1n) is 8.96. The Morgan fingerprint density at radius 3 is 2.77 bits per heavy atom. The van der Waals surface area contributed by atoms with Crippen molar-refractivity contribution in [3.63, 3.8) is 0 Å². The van der Waals surface area contributed by atoms with Crippen LogP contribution in [-0.2, 0) is 13.0 Å². The van der Waals surface area contributed by atoms with Gasteiger partial charge in [0.2, 0.25) is 0 Å². The van der Waals surface area contributed by atoms with Gasteiger partial charge in [-0.3, -0.25) is 9.59 Å². The summed E-state index contributed by atoms with van der Waals surface area (Å²) in [4.78, 5) is 29.6. The second-order valence-electron chi connectivity index (χ2n) is 6.44. The van der Waals surface area contributed by atoms with Gasteiger partial charge in [-0.1, -0.05) is 36.4 Å². The zero-order valence-electron chi connectivity index (χ0n) is 15.0. The lowest BCUT2D eigenvalue weighted by atomic mass is 10.1. The zero-order chi connectivity index (χ0) is 18.5. The highest BCUT2D eigenvalue weighted by Gasteiger charge is 2.27. The van der Waals surface area contributed by atoms with Crippen LogP contribution in [0.3, 0.4) is 0 Å². The van der Waals surface area contributed by atoms with Crippen LogP contribution in [0.2, 0.25) is 0 Å². The number of imidazole rings is 1. The maximum Gasteiger partial charge on any atom is 0.287 e. The van der Waals surface area contributed by atoms with Gasteiger partial charge in [-0.2, -0.15) is 0 Å². The summed E-state index contributed by atoms with van der Waals surface area (Å²) in [7, 11) is 0. The van der Waals surface area contributed by atoms with Crippen LogP contribution in [0.1, 0.15) is 58.2 Å². The first kappa shape index (κ1) is 17.9. The molecule has 0 saturated heterocycles. The fourth-order valence-electron chi connectivity index (χ4n) is 3.23. The van der Waals surface area contributed by atoms with Crippen molar-refractivity contribution in [2.24, 2.45) is 0 Å². The predicted molar refractivity (Wildman–Crippen MR) is 100 cm³/mol.